The minimum Gasteiger partial charge on any atom is -0.339 e. The third-order valence-corrected chi connectivity index (χ3v) is 3.83. The van der Waals surface area contributed by atoms with E-state index < -0.39 is 0 Å². The predicted molar refractivity (Wildman–Crippen MR) is 70.8 cm³/mol. The van der Waals surface area contributed by atoms with E-state index in [4.69, 9.17) is 5.26 Å². The van der Waals surface area contributed by atoms with Gasteiger partial charge in [0.1, 0.15) is 4.60 Å². The van der Waals surface area contributed by atoms with Gasteiger partial charge in [0, 0.05) is 24.8 Å². The molecule has 2 heterocycles. The molecule has 1 fully saturated rings. The van der Waals surface area contributed by atoms with Crippen molar-refractivity contribution in [2.24, 2.45) is 5.41 Å². The Labute approximate surface area is 115 Å². The molecule has 0 aromatic carbocycles. The summed E-state index contributed by atoms with van der Waals surface area (Å²) in [5, 5.41) is 9.06. The quantitative estimate of drug-likeness (QED) is 0.749. The number of carbonyl (C=O) groups is 1. The van der Waals surface area contributed by atoms with Crippen LogP contribution >= 0.6 is 15.9 Å². The molecular weight excluding hydrogens is 294 g/mol. The molecule has 0 atom stereocenters. The summed E-state index contributed by atoms with van der Waals surface area (Å²) >= 11 is 3.26. The summed E-state index contributed by atoms with van der Waals surface area (Å²) in [6.45, 7) is 3.24. The van der Waals surface area contributed by atoms with Crippen molar-refractivity contribution in [3.05, 3.63) is 28.5 Å². The van der Waals surface area contributed by atoms with Crippen LogP contribution in [0, 0.1) is 16.7 Å². The monoisotopic (exact) mass is 307 g/mol. The Morgan fingerprint density at radius 1 is 1.56 bits per heavy atom. The van der Waals surface area contributed by atoms with Gasteiger partial charge >= 0.3 is 0 Å². The molecule has 2 rings (SSSR count). The number of likely N-dealkylation sites (tertiary alicyclic amines) is 1. The van der Waals surface area contributed by atoms with E-state index in [9.17, 15) is 4.79 Å². The van der Waals surface area contributed by atoms with Crippen LogP contribution in [0.2, 0.25) is 0 Å². The van der Waals surface area contributed by atoms with E-state index in [2.05, 4.69) is 27.0 Å². The number of hydrogen-bond donors (Lipinski definition) is 0. The fourth-order valence-electron chi connectivity index (χ4n) is 2.03. The lowest BCUT2D eigenvalue weighted by Gasteiger charge is -2.34. The fourth-order valence-corrected chi connectivity index (χ4v) is 2.40. The number of pyridine rings is 1. The largest absolute Gasteiger partial charge is 0.339 e. The van der Waals surface area contributed by atoms with Crippen molar-refractivity contribution in [3.63, 3.8) is 0 Å². The minimum atomic E-state index is -0.282. The van der Waals surface area contributed by atoms with Crippen molar-refractivity contribution in [2.75, 3.05) is 13.1 Å². The molecule has 0 aliphatic carbocycles. The van der Waals surface area contributed by atoms with Gasteiger partial charge in [-0.1, -0.05) is 0 Å². The summed E-state index contributed by atoms with van der Waals surface area (Å²) in [5.41, 5.74) is 0.354. The summed E-state index contributed by atoms with van der Waals surface area (Å²) in [7, 11) is 0. The molecule has 1 aliphatic rings. The van der Waals surface area contributed by atoms with Crippen molar-refractivity contribution in [3.8, 4) is 6.07 Å². The minimum absolute atomic E-state index is 0.0121. The SMILES string of the molecule is CC1(C#N)CCN(C(=O)c2ccnc(Br)c2)CC1. The number of piperidine rings is 1. The Hall–Kier alpha value is -1.41. The van der Waals surface area contributed by atoms with E-state index in [1.807, 2.05) is 6.92 Å². The Balaban J connectivity index is 2.07. The van der Waals surface area contributed by atoms with E-state index in [0.717, 1.165) is 12.8 Å². The van der Waals surface area contributed by atoms with Gasteiger partial charge in [0.05, 0.1) is 11.5 Å². The molecule has 0 unspecified atom stereocenters. The van der Waals surface area contributed by atoms with Crippen LogP contribution in [0.3, 0.4) is 0 Å². The summed E-state index contributed by atoms with van der Waals surface area (Å²) in [5.74, 6) is 0.0121. The van der Waals surface area contributed by atoms with Crippen LogP contribution < -0.4 is 0 Å². The van der Waals surface area contributed by atoms with Crippen LogP contribution in [0.1, 0.15) is 30.1 Å². The normalized spacial score (nSPS) is 18.2. The van der Waals surface area contributed by atoms with Gasteiger partial charge in [0.2, 0.25) is 0 Å². The number of nitriles is 1. The first-order valence-corrected chi connectivity index (χ1v) is 6.65. The topological polar surface area (TPSA) is 57.0 Å². The average molecular weight is 308 g/mol. The van der Waals surface area contributed by atoms with Crippen molar-refractivity contribution in [1.29, 1.82) is 5.26 Å². The van der Waals surface area contributed by atoms with Crippen molar-refractivity contribution in [1.82, 2.24) is 9.88 Å². The van der Waals surface area contributed by atoms with Gasteiger partial charge < -0.3 is 4.90 Å². The summed E-state index contributed by atoms with van der Waals surface area (Å²) in [6, 6.07) is 5.77. The van der Waals surface area contributed by atoms with Crippen LogP contribution in [0.4, 0.5) is 0 Å². The second-order valence-electron chi connectivity index (χ2n) is 4.83. The molecular formula is C13H14BrN3O. The van der Waals surface area contributed by atoms with Crippen molar-refractivity contribution in [2.45, 2.75) is 19.8 Å². The maximum Gasteiger partial charge on any atom is 0.254 e. The molecule has 0 N–H and O–H groups in total. The second kappa shape index (κ2) is 5.07. The highest BCUT2D eigenvalue weighted by Crippen LogP contribution is 2.30. The van der Waals surface area contributed by atoms with E-state index in [-0.39, 0.29) is 11.3 Å². The van der Waals surface area contributed by atoms with Crippen LogP contribution in [0.25, 0.3) is 0 Å². The first-order chi connectivity index (χ1) is 8.54. The molecule has 0 bridgehead atoms. The highest BCUT2D eigenvalue weighted by Gasteiger charge is 2.32. The molecule has 0 saturated carbocycles. The molecule has 5 heteroatoms. The lowest BCUT2D eigenvalue weighted by Crippen LogP contribution is -2.41. The van der Waals surface area contributed by atoms with E-state index >= 15 is 0 Å². The third kappa shape index (κ3) is 2.70. The number of halogens is 1. The van der Waals surface area contributed by atoms with Gasteiger partial charge in [-0.2, -0.15) is 5.26 Å². The zero-order valence-electron chi connectivity index (χ0n) is 10.2. The smallest absolute Gasteiger partial charge is 0.254 e. The fraction of sp³-hybridized carbons (Fsp3) is 0.462. The van der Waals surface area contributed by atoms with E-state index in [0.29, 0.717) is 23.3 Å². The number of amides is 1. The van der Waals surface area contributed by atoms with Crippen molar-refractivity contribution >= 4 is 21.8 Å². The Bertz CT molecular complexity index is 501. The molecule has 1 saturated heterocycles. The summed E-state index contributed by atoms with van der Waals surface area (Å²) in [6.07, 6.45) is 3.09. The number of nitrogens with zero attached hydrogens (tertiary/aromatic N) is 3. The van der Waals surface area contributed by atoms with Crippen LogP contribution in [-0.2, 0) is 0 Å². The molecule has 4 nitrogen and oxygen atoms in total. The Morgan fingerprint density at radius 3 is 2.78 bits per heavy atom. The summed E-state index contributed by atoms with van der Waals surface area (Å²) in [4.78, 5) is 18.1. The number of aromatic nitrogens is 1. The van der Waals surface area contributed by atoms with Crippen LogP contribution in [0.5, 0.6) is 0 Å². The highest BCUT2D eigenvalue weighted by atomic mass is 79.9. The maximum absolute atomic E-state index is 12.2. The molecule has 1 aromatic rings. The van der Waals surface area contributed by atoms with Crippen molar-refractivity contribution < 1.29 is 4.79 Å². The van der Waals surface area contributed by atoms with Gasteiger partial charge in [-0.25, -0.2) is 4.98 Å². The molecule has 1 aliphatic heterocycles. The van der Waals surface area contributed by atoms with Gasteiger partial charge in [0.25, 0.3) is 5.91 Å². The second-order valence-corrected chi connectivity index (χ2v) is 5.64. The van der Waals surface area contributed by atoms with Gasteiger partial charge in [-0.3, -0.25) is 4.79 Å². The van der Waals surface area contributed by atoms with Gasteiger partial charge in [-0.05, 0) is 47.8 Å². The molecule has 1 amide bonds. The van der Waals surface area contributed by atoms with Crippen LogP contribution in [-0.4, -0.2) is 28.9 Å². The molecule has 94 valence electrons. The zero-order chi connectivity index (χ0) is 13.2. The molecule has 0 radical (unpaired) electrons. The highest BCUT2D eigenvalue weighted by molar-refractivity contribution is 9.10. The molecule has 18 heavy (non-hydrogen) atoms. The maximum atomic E-state index is 12.2. The van der Waals surface area contributed by atoms with E-state index in [1.165, 1.54) is 0 Å². The lowest BCUT2D eigenvalue weighted by molar-refractivity contribution is 0.0661. The lowest BCUT2D eigenvalue weighted by atomic mass is 9.82. The molecule has 1 aromatic heterocycles. The Kier molecular flexibility index (Phi) is 3.67. The molecule has 0 spiro atoms. The Morgan fingerprint density at radius 2 is 2.22 bits per heavy atom. The predicted octanol–water partition coefficient (Wildman–Crippen LogP) is 2.61. The average Bonchev–Trinajstić information content (AvgIpc) is 2.39. The first-order valence-electron chi connectivity index (χ1n) is 5.86. The standard InChI is InChI=1S/C13H14BrN3O/c1-13(9-15)3-6-17(7-4-13)12(18)10-2-5-16-11(14)8-10/h2,5,8H,3-4,6-7H2,1H3. The number of carbonyl (C=O) groups excluding carboxylic acids is 1. The van der Waals surface area contributed by atoms with Gasteiger partial charge in [0.15, 0.2) is 0 Å². The number of rotatable bonds is 1. The third-order valence-electron chi connectivity index (χ3n) is 3.40. The van der Waals surface area contributed by atoms with E-state index in [1.54, 1.807) is 23.2 Å². The first kappa shape index (κ1) is 13.0. The zero-order valence-corrected chi connectivity index (χ0v) is 11.8. The van der Waals surface area contributed by atoms with Crippen LogP contribution in [0.15, 0.2) is 22.9 Å². The van der Waals surface area contributed by atoms with Gasteiger partial charge in [-0.15, -0.1) is 0 Å². The summed E-state index contributed by atoms with van der Waals surface area (Å²) < 4.78 is 0.659. The number of hydrogen-bond acceptors (Lipinski definition) is 3.